The van der Waals surface area contributed by atoms with Crippen LogP contribution in [0.4, 0.5) is 0 Å². The maximum absolute atomic E-state index is 11.9. The van der Waals surface area contributed by atoms with Crippen molar-refractivity contribution in [1.82, 2.24) is 10.3 Å². The zero-order chi connectivity index (χ0) is 13.1. The molecular weight excluding hydrogens is 232 g/mol. The highest BCUT2D eigenvalue weighted by Crippen LogP contribution is 2.14. The third-order valence-corrected chi connectivity index (χ3v) is 2.68. The molecule has 1 aromatic heterocycles. The van der Waals surface area contributed by atoms with E-state index < -0.39 is 12.0 Å². The van der Waals surface area contributed by atoms with Gasteiger partial charge < -0.3 is 15.4 Å². The second-order valence-electron chi connectivity index (χ2n) is 4.25. The fourth-order valence-corrected chi connectivity index (χ4v) is 1.81. The van der Waals surface area contributed by atoms with E-state index in [1.54, 1.807) is 25.3 Å². The van der Waals surface area contributed by atoms with E-state index in [9.17, 15) is 9.59 Å². The molecule has 1 unspecified atom stereocenters. The second kappa shape index (κ2) is 4.91. The van der Waals surface area contributed by atoms with Gasteiger partial charge in [-0.1, -0.05) is 6.07 Å². The predicted molar refractivity (Wildman–Crippen MR) is 67.5 cm³/mol. The molecule has 3 N–H and O–H groups in total. The number of hydrogen-bond acceptors (Lipinski definition) is 2. The number of carboxylic acid groups (broad SMARTS) is 1. The summed E-state index contributed by atoms with van der Waals surface area (Å²) >= 11 is 0. The van der Waals surface area contributed by atoms with Gasteiger partial charge in [-0.3, -0.25) is 9.59 Å². The van der Waals surface area contributed by atoms with Gasteiger partial charge in [0.25, 0.3) is 5.91 Å². The van der Waals surface area contributed by atoms with E-state index in [-0.39, 0.29) is 12.3 Å². The van der Waals surface area contributed by atoms with Gasteiger partial charge in [-0.2, -0.15) is 0 Å². The van der Waals surface area contributed by atoms with Crippen LogP contribution in [0.1, 0.15) is 23.7 Å². The maximum atomic E-state index is 11.9. The number of rotatable bonds is 4. The summed E-state index contributed by atoms with van der Waals surface area (Å²) in [5.74, 6) is -1.19. The maximum Gasteiger partial charge on any atom is 0.305 e. The van der Waals surface area contributed by atoms with Crippen LogP contribution in [0.3, 0.4) is 0 Å². The molecule has 0 radical (unpaired) electrons. The van der Waals surface area contributed by atoms with Gasteiger partial charge >= 0.3 is 5.97 Å². The number of carbonyl (C=O) groups excluding carboxylic acids is 1. The molecule has 18 heavy (non-hydrogen) atoms. The summed E-state index contributed by atoms with van der Waals surface area (Å²) in [4.78, 5) is 25.4. The standard InChI is InChI=1S/C13H14N2O3/c1-8(6-12(16)17)15-13(18)10-3-2-9-4-5-14-11(9)7-10/h2-5,7-8,14H,6H2,1H3,(H,15,18)(H,16,17). The van der Waals surface area contributed by atoms with Gasteiger partial charge in [0.15, 0.2) is 0 Å². The Morgan fingerprint density at radius 3 is 2.89 bits per heavy atom. The highest BCUT2D eigenvalue weighted by molar-refractivity contribution is 5.98. The van der Waals surface area contributed by atoms with E-state index >= 15 is 0 Å². The average molecular weight is 246 g/mol. The third kappa shape index (κ3) is 2.68. The molecule has 0 spiro atoms. The first-order valence-corrected chi connectivity index (χ1v) is 5.66. The highest BCUT2D eigenvalue weighted by Gasteiger charge is 2.12. The monoisotopic (exact) mass is 246 g/mol. The molecule has 5 nitrogen and oxygen atoms in total. The molecular formula is C13H14N2O3. The van der Waals surface area contributed by atoms with Crippen molar-refractivity contribution in [2.75, 3.05) is 0 Å². The smallest absolute Gasteiger partial charge is 0.305 e. The third-order valence-electron chi connectivity index (χ3n) is 2.68. The molecule has 1 atom stereocenters. The molecule has 1 amide bonds. The van der Waals surface area contributed by atoms with Crippen LogP contribution in [0.25, 0.3) is 10.9 Å². The van der Waals surface area contributed by atoms with Crippen LogP contribution in [0, 0.1) is 0 Å². The molecule has 94 valence electrons. The van der Waals surface area contributed by atoms with E-state index in [1.165, 1.54) is 0 Å². The predicted octanol–water partition coefficient (Wildman–Crippen LogP) is 1.76. The topological polar surface area (TPSA) is 82.2 Å². The van der Waals surface area contributed by atoms with Gasteiger partial charge in [0.1, 0.15) is 0 Å². The highest BCUT2D eigenvalue weighted by atomic mass is 16.4. The summed E-state index contributed by atoms with van der Waals surface area (Å²) in [6.45, 7) is 1.67. The molecule has 0 aliphatic heterocycles. The van der Waals surface area contributed by atoms with Gasteiger partial charge in [-0.05, 0) is 30.5 Å². The molecule has 2 aromatic rings. The average Bonchev–Trinajstić information content (AvgIpc) is 2.74. The number of hydrogen-bond donors (Lipinski definition) is 3. The van der Waals surface area contributed by atoms with Crippen LogP contribution < -0.4 is 5.32 Å². The molecule has 0 saturated heterocycles. The van der Waals surface area contributed by atoms with Crippen molar-refractivity contribution in [1.29, 1.82) is 0 Å². The molecule has 5 heteroatoms. The Morgan fingerprint density at radius 2 is 2.17 bits per heavy atom. The lowest BCUT2D eigenvalue weighted by Gasteiger charge is -2.11. The Hall–Kier alpha value is -2.30. The van der Waals surface area contributed by atoms with Crippen LogP contribution in [-0.2, 0) is 4.79 Å². The van der Waals surface area contributed by atoms with E-state index in [4.69, 9.17) is 5.11 Å². The van der Waals surface area contributed by atoms with Gasteiger partial charge in [-0.25, -0.2) is 0 Å². The largest absolute Gasteiger partial charge is 0.481 e. The Labute approximate surface area is 104 Å². The van der Waals surface area contributed by atoms with E-state index in [0.717, 1.165) is 10.9 Å². The summed E-state index contributed by atoms with van der Waals surface area (Å²) in [5, 5.41) is 12.3. The van der Waals surface area contributed by atoms with Crippen molar-refractivity contribution in [2.24, 2.45) is 0 Å². The minimum Gasteiger partial charge on any atom is -0.481 e. The van der Waals surface area contributed by atoms with Crippen molar-refractivity contribution in [2.45, 2.75) is 19.4 Å². The minimum absolute atomic E-state index is 0.0868. The molecule has 0 aliphatic rings. The molecule has 0 aliphatic carbocycles. The van der Waals surface area contributed by atoms with Crippen molar-refractivity contribution in [3.63, 3.8) is 0 Å². The van der Waals surface area contributed by atoms with Crippen molar-refractivity contribution in [3.8, 4) is 0 Å². The van der Waals surface area contributed by atoms with Crippen LogP contribution in [0.15, 0.2) is 30.5 Å². The first-order valence-electron chi connectivity index (χ1n) is 5.66. The Bertz CT molecular complexity index is 589. The van der Waals surface area contributed by atoms with Crippen LogP contribution in [0.5, 0.6) is 0 Å². The van der Waals surface area contributed by atoms with Crippen LogP contribution >= 0.6 is 0 Å². The van der Waals surface area contributed by atoms with Crippen molar-refractivity contribution < 1.29 is 14.7 Å². The number of aromatic amines is 1. The second-order valence-corrected chi connectivity index (χ2v) is 4.25. The van der Waals surface area contributed by atoms with E-state index in [0.29, 0.717) is 5.56 Å². The number of carbonyl (C=O) groups is 2. The summed E-state index contributed by atoms with van der Waals surface area (Å²) in [6, 6.07) is 6.85. The number of nitrogens with one attached hydrogen (secondary N) is 2. The van der Waals surface area contributed by atoms with E-state index in [1.807, 2.05) is 12.1 Å². The number of aromatic nitrogens is 1. The normalized spacial score (nSPS) is 12.3. The SMILES string of the molecule is CC(CC(=O)O)NC(=O)c1ccc2cc[nH]c2c1. The van der Waals surface area contributed by atoms with Gasteiger partial charge in [0.05, 0.1) is 6.42 Å². The molecule has 1 aromatic carbocycles. The van der Waals surface area contributed by atoms with Crippen LogP contribution in [-0.4, -0.2) is 28.0 Å². The first-order chi connectivity index (χ1) is 8.56. The quantitative estimate of drug-likeness (QED) is 0.768. The fraction of sp³-hybridized carbons (Fsp3) is 0.231. The lowest BCUT2D eigenvalue weighted by atomic mass is 10.1. The molecule has 0 fully saturated rings. The number of fused-ring (bicyclic) bond motifs is 1. The van der Waals surface area contributed by atoms with Gasteiger partial charge in [0.2, 0.25) is 0 Å². The summed E-state index contributed by atoms with van der Waals surface area (Å²) in [7, 11) is 0. The summed E-state index contributed by atoms with van der Waals surface area (Å²) < 4.78 is 0. The molecule has 1 heterocycles. The number of benzene rings is 1. The zero-order valence-electron chi connectivity index (χ0n) is 9.93. The lowest BCUT2D eigenvalue weighted by Crippen LogP contribution is -2.34. The Morgan fingerprint density at radius 1 is 1.39 bits per heavy atom. The van der Waals surface area contributed by atoms with E-state index in [2.05, 4.69) is 10.3 Å². The first kappa shape index (κ1) is 12.2. The Balaban J connectivity index is 2.10. The number of carboxylic acids is 1. The summed E-state index contributed by atoms with van der Waals surface area (Å²) in [5.41, 5.74) is 1.40. The molecule has 2 rings (SSSR count). The fourth-order valence-electron chi connectivity index (χ4n) is 1.81. The van der Waals surface area contributed by atoms with Gasteiger partial charge in [0, 0.05) is 23.3 Å². The summed E-state index contributed by atoms with van der Waals surface area (Å²) in [6.07, 6.45) is 1.72. The number of aliphatic carboxylic acids is 1. The zero-order valence-corrected chi connectivity index (χ0v) is 9.93. The van der Waals surface area contributed by atoms with Gasteiger partial charge in [-0.15, -0.1) is 0 Å². The molecule has 0 saturated carbocycles. The number of H-pyrrole nitrogens is 1. The number of amides is 1. The van der Waals surface area contributed by atoms with Crippen molar-refractivity contribution in [3.05, 3.63) is 36.0 Å². The van der Waals surface area contributed by atoms with Crippen molar-refractivity contribution >= 4 is 22.8 Å². The lowest BCUT2D eigenvalue weighted by molar-refractivity contribution is -0.137. The molecule has 0 bridgehead atoms. The minimum atomic E-state index is -0.928. The van der Waals surface area contributed by atoms with Crippen LogP contribution in [0.2, 0.25) is 0 Å². The Kier molecular flexibility index (Phi) is 3.32.